The third-order valence-electron chi connectivity index (χ3n) is 2.37. The number of rotatable bonds is 3. The molecule has 0 amide bonds. The summed E-state index contributed by atoms with van der Waals surface area (Å²) in [6.45, 7) is 1.76. The highest BCUT2D eigenvalue weighted by Crippen LogP contribution is 2.12. The van der Waals surface area contributed by atoms with Crippen LogP contribution in [0.2, 0.25) is 0 Å². The van der Waals surface area contributed by atoms with E-state index in [1.54, 1.807) is 0 Å². The van der Waals surface area contributed by atoms with Crippen molar-refractivity contribution in [1.82, 2.24) is 9.88 Å². The number of aliphatic hydroxyl groups is 1. The average molecular weight is 211 g/mol. The van der Waals surface area contributed by atoms with Crippen LogP contribution in [-0.4, -0.2) is 40.2 Å². The Balaban J connectivity index is 1.96. The monoisotopic (exact) mass is 211 g/mol. The minimum absolute atomic E-state index is 0.190. The molecule has 2 rings (SSSR count). The Kier molecular flexibility index (Phi) is 2.70. The number of aromatic carboxylic acids is 1. The number of hydrogen-bond donors (Lipinski definition) is 1. The molecular formula is C9H11N2O4-. The van der Waals surface area contributed by atoms with Gasteiger partial charge in [-0.05, 0) is 6.42 Å². The summed E-state index contributed by atoms with van der Waals surface area (Å²) in [6.07, 6.45) is 1.49. The van der Waals surface area contributed by atoms with E-state index in [1.165, 1.54) is 0 Å². The number of aromatic nitrogens is 1. The zero-order chi connectivity index (χ0) is 10.8. The lowest BCUT2D eigenvalue weighted by Crippen LogP contribution is -2.23. The van der Waals surface area contributed by atoms with E-state index in [0.717, 1.165) is 19.2 Å². The second-order valence-electron chi connectivity index (χ2n) is 3.59. The quantitative estimate of drug-likeness (QED) is 0.661. The number of carbonyl (C=O) groups is 1. The van der Waals surface area contributed by atoms with Crippen LogP contribution in [0.1, 0.15) is 22.8 Å². The minimum atomic E-state index is -1.34. The number of carboxylic acid groups (broad SMARTS) is 1. The fourth-order valence-electron chi connectivity index (χ4n) is 1.62. The van der Waals surface area contributed by atoms with Crippen molar-refractivity contribution >= 4 is 5.97 Å². The zero-order valence-electron chi connectivity index (χ0n) is 8.05. The molecule has 1 aliphatic heterocycles. The highest BCUT2D eigenvalue weighted by molar-refractivity contribution is 5.82. The lowest BCUT2D eigenvalue weighted by molar-refractivity contribution is -0.255. The smallest absolute Gasteiger partial charge is 0.208 e. The summed E-state index contributed by atoms with van der Waals surface area (Å²) in [7, 11) is 0. The third-order valence-corrected chi connectivity index (χ3v) is 2.37. The van der Waals surface area contributed by atoms with E-state index in [0.29, 0.717) is 19.0 Å². The second kappa shape index (κ2) is 4.00. The van der Waals surface area contributed by atoms with Gasteiger partial charge in [-0.2, -0.15) is 0 Å². The zero-order valence-corrected chi connectivity index (χ0v) is 8.05. The summed E-state index contributed by atoms with van der Waals surface area (Å²) in [4.78, 5) is 16.1. The Bertz CT molecular complexity index is 363. The molecule has 1 atom stereocenters. The number of β-amino-alcohol motifs (C(OH)–C–C–N with tert-alkyl or cyclic N) is 1. The highest BCUT2D eigenvalue weighted by Gasteiger charge is 2.21. The first-order valence-electron chi connectivity index (χ1n) is 4.71. The number of likely N-dealkylation sites (tertiary alicyclic amines) is 1. The first kappa shape index (κ1) is 10.1. The summed E-state index contributed by atoms with van der Waals surface area (Å²) < 4.78 is 4.97. The van der Waals surface area contributed by atoms with Gasteiger partial charge in [0, 0.05) is 13.1 Å². The van der Waals surface area contributed by atoms with Crippen LogP contribution in [0.5, 0.6) is 0 Å². The molecule has 0 bridgehead atoms. The van der Waals surface area contributed by atoms with E-state index in [1.807, 2.05) is 4.90 Å². The Morgan fingerprint density at radius 3 is 3.13 bits per heavy atom. The summed E-state index contributed by atoms with van der Waals surface area (Å²) in [5.41, 5.74) is -0.190. The molecule has 1 aromatic heterocycles. The van der Waals surface area contributed by atoms with Gasteiger partial charge in [0.2, 0.25) is 5.89 Å². The molecule has 0 aliphatic carbocycles. The van der Waals surface area contributed by atoms with Gasteiger partial charge < -0.3 is 19.4 Å². The van der Waals surface area contributed by atoms with E-state index < -0.39 is 5.97 Å². The SMILES string of the molecule is O=C([O-])c1coc(CN2CC[C@H](O)C2)n1. The lowest BCUT2D eigenvalue weighted by atomic mass is 10.3. The van der Waals surface area contributed by atoms with Gasteiger partial charge >= 0.3 is 0 Å². The van der Waals surface area contributed by atoms with E-state index in [4.69, 9.17) is 4.42 Å². The molecule has 0 unspecified atom stereocenters. The first-order valence-corrected chi connectivity index (χ1v) is 4.71. The molecular weight excluding hydrogens is 200 g/mol. The predicted molar refractivity (Wildman–Crippen MR) is 46.7 cm³/mol. The molecule has 2 heterocycles. The topological polar surface area (TPSA) is 89.6 Å². The molecule has 0 aromatic carbocycles. The molecule has 6 heteroatoms. The Morgan fingerprint density at radius 1 is 1.80 bits per heavy atom. The molecule has 15 heavy (non-hydrogen) atoms. The molecule has 0 saturated carbocycles. The van der Waals surface area contributed by atoms with Crippen LogP contribution in [0.3, 0.4) is 0 Å². The van der Waals surface area contributed by atoms with Crippen molar-refractivity contribution in [3.05, 3.63) is 17.8 Å². The van der Waals surface area contributed by atoms with E-state index >= 15 is 0 Å². The van der Waals surface area contributed by atoms with Gasteiger partial charge in [-0.1, -0.05) is 0 Å². The van der Waals surface area contributed by atoms with Crippen LogP contribution in [0, 0.1) is 0 Å². The fourth-order valence-corrected chi connectivity index (χ4v) is 1.62. The third kappa shape index (κ3) is 2.34. The lowest BCUT2D eigenvalue weighted by Gasteiger charge is -2.11. The van der Waals surface area contributed by atoms with Crippen molar-refractivity contribution in [2.45, 2.75) is 19.1 Å². The number of hydrogen-bond acceptors (Lipinski definition) is 6. The van der Waals surface area contributed by atoms with Crippen LogP contribution >= 0.6 is 0 Å². The van der Waals surface area contributed by atoms with Gasteiger partial charge in [-0.15, -0.1) is 0 Å². The van der Waals surface area contributed by atoms with E-state index in [2.05, 4.69) is 4.98 Å². The van der Waals surface area contributed by atoms with Crippen LogP contribution in [0.25, 0.3) is 0 Å². The second-order valence-corrected chi connectivity index (χ2v) is 3.59. The molecule has 1 fully saturated rings. The molecule has 82 valence electrons. The number of aliphatic hydroxyl groups excluding tert-OH is 1. The maximum Gasteiger partial charge on any atom is 0.208 e. The molecule has 1 N–H and O–H groups in total. The van der Waals surface area contributed by atoms with Gasteiger partial charge in [0.1, 0.15) is 12.0 Å². The molecule has 1 aromatic rings. The maximum absolute atomic E-state index is 10.4. The van der Waals surface area contributed by atoms with Crippen molar-refractivity contribution in [3.63, 3.8) is 0 Å². The van der Waals surface area contributed by atoms with Gasteiger partial charge in [-0.25, -0.2) is 4.98 Å². The number of nitrogens with zero attached hydrogens (tertiary/aromatic N) is 2. The summed E-state index contributed by atoms with van der Waals surface area (Å²) in [6, 6.07) is 0. The highest BCUT2D eigenvalue weighted by atomic mass is 16.4. The predicted octanol–water partition coefficient (Wildman–Crippen LogP) is -1.40. The number of oxazole rings is 1. The van der Waals surface area contributed by atoms with Gasteiger partial charge in [-0.3, -0.25) is 4.90 Å². The number of carboxylic acids is 1. The summed E-state index contributed by atoms with van der Waals surface area (Å²) in [5.74, 6) is -1.00. The molecule has 1 aliphatic rings. The summed E-state index contributed by atoms with van der Waals surface area (Å²) >= 11 is 0. The summed E-state index contributed by atoms with van der Waals surface area (Å²) in [5, 5.41) is 19.7. The average Bonchev–Trinajstić information content (AvgIpc) is 2.76. The van der Waals surface area contributed by atoms with Crippen molar-refractivity contribution in [3.8, 4) is 0 Å². The van der Waals surface area contributed by atoms with E-state index in [9.17, 15) is 15.0 Å². The van der Waals surface area contributed by atoms with Crippen molar-refractivity contribution in [2.75, 3.05) is 13.1 Å². The molecule has 0 radical (unpaired) electrons. The van der Waals surface area contributed by atoms with Gasteiger partial charge in [0.15, 0.2) is 0 Å². The van der Waals surface area contributed by atoms with Crippen molar-refractivity contribution in [1.29, 1.82) is 0 Å². The first-order chi connectivity index (χ1) is 7.15. The Labute approximate surface area is 86.1 Å². The van der Waals surface area contributed by atoms with Crippen LogP contribution < -0.4 is 5.11 Å². The van der Waals surface area contributed by atoms with Crippen LogP contribution in [0.4, 0.5) is 0 Å². The normalized spacial score (nSPS) is 22.1. The van der Waals surface area contributed by atoms with Gasteiger partial charge in [0.25, 0.3) is 0 Å². The van der Waals surface area contributed by atoms with E-state index in [-0.39, 0.29) is 11.8 Å². The number of carbonyl (C=O) groups excluding carboxylic acids is 1. The van der Waals surface area contributed by atoms with Crippen molar-refractivity contribution in [2.24, 2.45) is 0 Å². The fraction of sp³-hybridized carbons (Fsp3) is 0.556. The standard InChI is InChI=1S/C9H12N2O4/c12-6-1-2-11(3-6)4-8-10-7(5-15-8)9(13)14/h5-6,12H,1-4H2,(H,13,14)/p-1/t6-/m0/s1. The van der Waals surface area contributed by atoms with Crippen molar-refractivity contribution < 1.29 is 19.4 Å². The van der Waals surface area contributed by atoms with Gasteiger partial charge in [0.05, 0.1) is 18.6 Å². The molecule has 6 nitrogen and oxygen atoms in total. The Hall–Kier alpha value is -1.40. The maximum atomic E-state index is 10.4. The van der Waals surface area contributed by atoms with Crippen LogP contribution in [0.15, 0.2) is 10.7 Å². The Morgan fingerprint density at radius 2 is 2.60 bits per heavy atom. The molecule has 0 spiro atoms. The minimum Gasteiger partial charge on any atom is -0.543 e. The largest absolute Gasteiger partial charge is 0.543 e. The van der Waals surface area contributed by atoms with Crippen LogP contribution in [-0.2, 0) is 6.54 Å². The molecule has 1 saturated heterocycles.